The molecule has 2 radical (unpaired) electrons. The van der Waals surface area contributed by atoms with E-state index in [4.69, 9.17) is 12.7 Å². The van der Waals surface area contributed by atoms with Crippen LogP contribution in [0.4, 0.5) is 5.69 Å². The third-order valence-corrected chi connectivity index (χ3v) is 4.52. The van der Waals surface area contributed by atoms with Crippen LogP contribution in [0.15, 0.2) is 24.3 Å². The second kappa shape index (κ2) is 5.82. The molecular weight excluding hydrogens is 244 g/mol. The van der Waals surface area contributed by atoms with Gasteiger partial charge in [-0.2, -0.15) is 0 Å². The summed E-state index contributed by atoms with van der Waals surface area (Å²) in [6.07, 6.45) is 9.37. The maximum Gasteiger partial charge on any atom is 0.0728 e. The number of hydrogen-bond acceptors (Lipinski definition) is 2. The van der Waals surface area contributed by atoms with Gasteiger partial charge in [0.05, 0.1) is 5.52 Å². The third kappa shape index (κ3) is 2.79. The third-order valence-electron chi connectivity index (χ3n) is 4.52. The van der Waals surface area contributed by atoms with Crippen molar-refractivity contribution in [3.63, 3.8) is 0 Å². The highest BCUT2D eigenvalue weighted by atomic mass is 14.7. The summed E-state index contributed by atoms with van der Waals surface area (Å²) in [6, 6.07) is 8.00. The van der Waals surface area contributed by atoms with Crippen molar-refractivity contribution in [3.8, 4) is 0 Å². The molecule has 0 aliphatic heterocycles. The van der Waals surface area contributed by atoms with E-state index in [-0.39, 0.29) is 0 Å². The summed E-state index contributed by atoms with van der Waals surface area (Å²) in [7, 11) is 0. The zero-order chi connectivity index (χ0) is 13.9. The Kier molecular flexibility index (Phi) is 3.90. The molecule has 1 aliphatic carbocycles. The molecule has 0 bridgehead atoms. The predicted molar refractivity (Wildman–Crippen MR) is 84.5 cm³/mol. The van der Waals surface area contributed by atoms with Gasteiger partial charge in [0.2, 0.25) is 0 Å². The van der Waals surface area contributed by atoms with E-state index in [1.165, 1.54) is 44.1 Å². The average Bonchev–Trinajstić information content (AvgIpc) is 2.45. The summed E-state index contributed by atoms with van der Waals surface area (Å²) in [5, 5.41) is 1.09. The molecule has 1 saturated carbocycles. The van der Waals surface area contributed by atoms with Crippen LogP contribution < -0.4 is 5.73 Å². The summed E-state index contributed by atoms with van der Waals surface area (Å²) in [6.45, 7) is 5.77. The number of nitrogen functional groups attached to an aromatic ring is 1. The van der Waals surface area contributed by atoms with Gasteiger partial charge in [0.15, 0.2) is 0 Å². The van der Waals surface area contributed by atoms with Crippen molar-refractivity contribution in [3.05, 3.63) is 42.4 Å². The van der Waals surface area contributed by atoms with Crippen LogP contribution in [0.2, 0.25) is 0 Å². The second-order valence-electron chi connectivity index (χ2n) is 5.99. The van der Waals surface area contributed by atoms with Crippen LogP contribution >= 0.6 is 0 Å². The second-order valence-corrected chi connectivity index (χ2v) is 5.99. The number of aryl methyl sites for hydroxylation is 1. The predicted octanol–water partition coefficient (Wildman–Crippen LogP) is 4.39. The van der Waals surface area contributed by atoms with Gasteiger partial charge in [0.25, 0.3) is 0 Å². The minimum Gasteiger partial charge on any atom is -0.398 e. The quantitative estimate of drug-likeness (QED) is 0.895. The number of aromatic nitrogens is 1. The monoisotopic (exact) mass is 266 g/mol. The fraction of sp³-hybridized carbons (Fsp3) is 0.444. The number of hydrogen-bond donors (Lipinski definition) is 1. The Morgan fingerprint density at radius 2 is 2.00 bits per heavy atom. The molecule has 2 heteroatoms. The van der Waals surface area contributed by atoms with Crippen LogP contribution in [0, 0.1) is 12.8 Å². The molecule has 1 aliphatic rings. The van der Waals surface area contributed by atoms with Gasteiger partial charge in [-0.05, 0) is 36.5 Å². The van der Waals surface area contributed by atoms with Gasteiger partial charge in [-0.1, -0.05) is 44.2 Å². The molecular formula is C18H22N2. The van der Waals surface area contributed by atoms with Crippen LogP contribution in [0.25, 0.3) is 10.9 Å². The van der Waals surface area contributed by atoms with Gasteiger partial charge >= 0.3 is 0 Å². The largest absolute Gasteiger partial charge is 0.398 e. The van der Waals surface area contributed by atoms with E-state index in [1.54, 1.807) is 6.07 Å². The van der Waals surface area contributed by atoms with Crippen molar-refractivity contribution in [1.82, 2.24) is 4.98 Å². The van der Waals surface area contributed by atoms with E-state index in [0.29, 0.717) is 5.69 Å². The summed E-state index contributed by atoms with van der Waals surface area (Å²) in [5.41, 5.74) is 9.64. The molecule has 0 spiro atoms. The maximum absolute atomic E-state index is 6.15. The molecule has 20 heavy (non-hydrogen) atoms. The lowest BCUT2D eigenvalue weighted by Crippen LogP contribution is -2.07. The molecule has 104 valence electrons. The minimum absolute atomic E-state index is 0.499. The van der Waals surface area contributed by atoms with Gasteiger partial charge in [-0.3, -0.25) is 4.98 Å². The number of pyridine rings is 1. The Hall–Kier alpha value is -1.57. The summed E-state index contributed by atoms with van der Waals surface area (Å²) in [5.74, 6) is 0.891. The Balaban J connectivity index is 1.83. The van der Waals surface area contributed by atoms with E-state index in [2.05, 4.69) is 17.1 Å². The number of benzene rings is 1. The van der Waals surface area contributed by atoms with Gasteiger partial charge < -0.3 is 5.73 Å². The Morgan fingerprint density at radius 3 is 2.80 bits per heavy atom. The molecule has 1 heterocycles. The van der Waals surface area contributed by atoms with Crippen molar-refractivity contribution in [2.45, 2.75) is 44.9 Å². The van der Waals surface area contributed by atoms with Crippen LogP contribution in [-0.2, 0) is 6.42 Å². The fourth-order valence-corrected chi connectivity index (χ4v) is 3.46. The fourth-order valence-electron chi connectivity index (χ4n) is 3.46. The van der Waals surface area contributed by atoms with Crippen LogP contribution in [0.3, 0.4) is 0 Å². The summed E-state index contributed by atoms with van der Waals surface area (Å²) in [4.78, 5) is 4.39. The molecule has 2 aromatic rings. The minimum atomic E-state index is 0.499. The van der Waals surface area contributed by atoms with Crippen molar-refractivity contribution in [2.24, 2.45) is 5.92 Å². The van der Waals surface area contributed by atoms with Crippen molar-refractivity contribution in [1.29, 1.82) is 0 Å². The number of nitrogens with two attached hydrogens (primary N) is 1. The van der Waals surface area contributed by atoms with Crippen LogP contribution in [-0.4, -0.2) is 4.98 Å². The zero-order valence-electron chi connectivity index (χ0n) is 11.9. The standard InChI is InChI=1S/C18H22N2/c1-13-12-16(19)18-15(8-5-9-17(18)20-13)11-10-14-6-3-2-4-7-14/h1,5,8-9,12,14H,2-4,6-7,10-11H2,(H2,19,20). The van der Waals surface area contributed by atoms with Gasteiger partial charge in [-0.15, -0.1) is 0 Å². The molecule has 0 saturated heterocycles. The van der Waals surface area contributed by atoms with Crippen LogP contribution in [0.5, 0.6) is 0 Å². The number of anilines is 1. The molecule has 1 aromatic carbocycles. The highest BCUT2D eigenvalue weighted by molar-refractivity contribution is 5.93. The Labute approximate surface area is 121 Å². The van der Waals surface area contributed by atoms with E-state index in [0.717, 1.165) is 28.9 Å². The molecule has 3 rings (SSSR count). The molecule has 0 amide bonds. The lowest BCUT2D eigenvalue weighted by Gasteiger charge is -2.21. The van der Waals surface area contributed by atoms with E-state index < -0.39 is 0 Å². The number of fused-ring (bicyclic) bond motifs is 1. The normalized spacial score (nSPS) is 16.6. The Bertz CT molecular complexity index is 598. The zero-order valence-corrected chi connectivity index (χ0v) is 11.9. The maximum atomic E-state index is 6.15. The van der Waals surface area contributed by atoms with Crippen molar-refractivity contribution >= 4 is 16.6 Å². The number of rotatable bonds is 3. The summed E-state index contributed by atoms with van der Waals surface area (Å²) >= 11 is 0. The van der Waals surface area contributed by atoms with Gasteiger partial charge in [0, 0.05) is 23.7 Å². The summed E-state index contributed by atoms with van der Waals surface area (Å²) < 4.78 is 0. The van der Waals surface area contributed by atoms with Crippen molar-refractivity contribution in [2.75, 3.05) is 5.73 Å². The number of nitrogens with zero attached hydrogens (tertiary/aromatic N) is 1. The molecule has 1 fully saturated rings. The first kappa shape index (κ1) is 13.4. The van der Waals surface area contributed by atoms with Crippen molar-refractivity contribution < 1.29 is 0 Å². The molecule has 2 N–H and O–H groups in total. The molecule has 0 unspecified atom stereocenters. The topological polar surface area (TPSA) is 38.9 Å². The first-order chi connectivity index (χ1) is 9.74. The molecule has 2 nitrogen and oxygen atoms in total. The van der Waals surface area contributed by atoms with Gasteiger partial charge in [-0.25, -0.2) is 0 Å². The average molecular weight is 266 g/mol. The highest BCUT2D eigenvalue weighted by Gasteiger charge is 2.14. The van der Waals surface area contributed by atoms with E-state index >= 15 is 0 Å². The smallest absolute Gasteiger partial charge is 0.0728 e. The lowest BCUT2D eigenvalue weighted by atomic mass is 9.85. The van der Waals surface area contributed by atoms with E-state index in [1.807, 2.05) is 6.07 Å². The highest BCUT2D eigenvalue weighted by Crippen LogP contribution is 2.30. The van der Waals surface area contributed by atoms with Gasteiger partial charge in [0.1, 0.15) is 0 Å². The SMILES string of the molecule is [CH]c1cc(N)c2c(CCC3CCCCC3)cccc2n1. The lowest BCUT2D eigenvalue weighted by molar-refractivity contribution is 0.339. The molecule has 0 atom stereocenters. The van der Waals surface area contributed by atoms with Crippen LogP contribution in [0.1, 0.15) is 49.8 Å². The first-order valence-electron chi connectivity index (χ1n) is 7.67. The molecule has 1 aromatic heterocycles. The van der Waals surface area contributed by atoms with E-state index in [9.17, 15) is 0 Å². The first-order valence-corrected chi connectivity index (χ1v) is 7.67. The Morgan fingerprint density at radius 1 is 1.20 bits per heavy atom.